The molecule has 0 bridgehead atoms. The molecule has 1 rings (SSSR count). The molecule has 0 aromatic carbocycles. The molecule has 1 aliphatic heterocycles. The van der Waals surface area contributed by atoms with Crippen LogP contribution >= 0.6 is 0 Å². The van der Waals surface area contributed by atoms with Gasteiger partial charge in [-0.3, -0.25) is 5.43 Å². The maximum absolute atomic E-state index is 9.03. The lowest BCUT2D eigenvalue weighted by Gasteiger charge is -2.23. The maximum atomic E-state index is 9.03. The topological polar surface area (TPSA) is 79.5 Å². The highest BCUT2D eigenvalue weighted by Gasteiger charge is 2.27. The Morgan fingerprint density at radius 3 is 2.79 bits per heavy atom. The predicted octanol–water partition coefficient (Wildman–Crippen LogP) is -0.971. The Balaban J connectivity index is 2.23. The quantitative estimate of drug-likeness (QED) is 0.341. The van der Waals surface area contributed by atoms with E-state index in [-0.39, 0.29) is 24.7 Å². The fourth-order valence-electron chi connectivity index (χ4n) is 1.31. The minimum atomic E-state index is -0.0741. The van der Waals surface area contributed by atoms with E-state index in [0.29, 0.717) is 19.1 Å². The summed E-state index contributed by atoms with van der Waals surface area (Å²) in [5.41, 5.74) is 11.9. The smallest absolute Gasteiger partial charge is 0.0702 e. The highest BCUT2D eigenvalue weighted by atomic mass is 16.5. The molecule has 1 heterocycles. The van der Waals surface area contributed by atoms with Crippen LogP contribution in [0.2, 0.25) is 0 Å². The summed E-state index contributed by atoms with van der Waals surface area (Å²) in [4.78, 5) is 0. The van der Waals surface area contributed by atoms with Gasteiger partial charge in [0.25, 0.3) is 0 Å². The highest BCUT2D eigenvalue weighted by molar-refractivity contribution is 4.80. The number of aliphatic hydroxyl groups is 1. The van der Waals surface area contributed by atoms with Crippen LogP contribution in [0.1, 0.15) is 13.8 Å². The van der Waals surface area contributed by atoms with Crippen molar-refractivity contribution >= 4 is 0 Å². The molecule has 0 aromatic rings. The third kappa shape index (κ3) is 3.18. The fraction of sp³-hybridized carbons (Fsp3) is 1.00. The maximum Gasteiger partial charge on any atom is 0.0702 e. The molecule has 0 aromatic heterocycles. The Morgan fingerprint density at radius 1 is 1.50 bits per heavy atom. The van der Waals surface area contributed by atoms with Crippen molar-refractivity contribution in [1.82, 2.24) is 10.9 Å². The van der Waals surface area contributed by atoms with Crippen LogP contribution in [-0.2, 0) is 4.74 Å². The highest BCUT2D eigenvalue weighted by Crippen LogP contribution is 2.11. The summed E-state index contributed by atoms with van der Waals surface area (Å²) in [5.74, 6) is 0.541. The zero-order valence-corrected chi connectivity index (χ0v) is 8.86. The molecule has 0 amide bonds. The normalized spacial score (nSPS) is 29.8. The molecular formula is C9H21N3O2. The Labute approximate surface area is 85.0 Å². The van der Waals surface area contributed by atoms with Crippen molar-refractivity contribution in [3.63, 3.8) is 0 Å². The second-order valence-electron chi connectivity index (χ2n) is 4.15. The van der Waals surface area contributed by atoms with Gasteiger partial charge in [0.1, 0.15) is 0 Å². The number of nitrogens with two attached hydrogens (primary N) is 1. The van der Waals surface area contributed by atoms with Crippen LogP contribution in [0.4, 0.5) is 0 Å². The molecule has 1 fully saturated rings. The summed E-state index contributed by atoms with van der Waals surface area (Å²) in [6.07, 6.45) is -0.0741. The molecule has 2 unspecified atom stereocenters. The third-order valence-electron chi connectivity index (χ3n) is 2.59. The molecule has 0 saturated carbocycles. The van der Waals surface area contributed by atoms with Gasteiger partial charge >= 0.3 is 0 Å². The Morgan fingerprint density at radius 2 is 2.21 bits per heavy atom. The lowest BCUT2D eigenvalue weighted by Crippen LogP contribution is -2.55. The van der Waals surface area contributed by atoms with E-state index >= 15 is 0 Å². The molecule has 5 N–H and O–H groups in total. The van der Waals surface area contributed by atoms with Gasteiger partial charge in [0.15, 0.2) is 0 Å². The van der Waals surface area contributed by atoms with Gasteiger partial charge in [0, 0.05) is 12.5 Å². The predicted molar refractivity (Wildman–Crippen MR) is 54.3 cm³/mol. The molecule has 1 saturated heterocycles. The summed E-state index contributed by atoms with van der Waals surface area (Å²) in [6, 6.07) is 0.157. The lowest BCUT2D eigenvalue weighted by molar-refractivity contribution is 0.160. The molecule has 0 spiro atoms. The average molecular weight is 203 g/mol. The minimum Gasteiger partial charge on any atom is -0.396 e. The molecule has 84 valence electrons. The summed E-state index contributed by atoms with van der Waals surface area (Å²) in [7, 11) is 0. The Bertz CT molecular complexity index is 166. The van der Waals surface area contributed by atoms with Gasteiger partial charge in [-0.1, -0.05) is 13.8 Å². The van der Waals surface area contributed by atoms with Crippen LogP contribution in [-0.4, -0.2) is 37.1 Å². The van der Waals surface area contributed by atoms with Crippen molar-refractivity contribution in [2.45, 2.75) is 26.1 Å². The first-order valence-corrected chi connectivity index (χ1v) is 5.10. The largest absolute Gasteiger partial charge is 0.396 e. The molecule has 1 aliphatic rings. The molecule has 3 atom stereocenters. The number of aliphatic hydroxyl groups excluding tert-OH is 1. The van der Waals surface area contributed by atoms with Crippen molar-refractivity contribution in [2.75, 3.05) is 19.8 Å². The van der Waals surface area contributed by atoms with Crippen LogP contribution < -0.4 is 16.6 Å². The second kappa shape index (κ2) is 5.63. The molecule has 0 aliphatic carbocycles. The minimum absolute atomic E-state index is 0.0741. The summed E-state index contributed by atoms with van der Waals surface area (Å²) < 4.78 is 5.25. The van der Waals surface area contributed by atoms with E-state index < -0.39 is 0 Å². The summed E-state index contributed by atoms with van der Waals surface area (Å²) in [5, 5.41) is 9.03. The second-order valence-corrected chi connectivity index (χ2v) is 4.15. The van der Waals surface area contributed by atoms with E-state index in [1.165, 1.54) is 0 Å². The van der Waals surface area contributed by atoms with Gasteiger partial charge in [-0.15, -0.1) is 0 Å². The van der Waals surface area contributed by atoms with Crippen molar-refractivity contribution in [1.29, 1.82) is 0 Å². The SMILES string of the molecule is CC(C)[C@@H](N)NNC1COCC1CO. The summed E-state index contributed by atoms with van der Waals surface area (Å²) in [6.45, 7) is 5.49. The van der Waals surface area contributed by atoms with Crippen molar-refractivity contribution in [2.24, 2.45) is 17.6 Å². The molecular weight excluding hydrogens is 182 g/mol. The van der Waals surface area contributed by atoms with E-state index in [2.05, 4.69) is 10.9 Å². The number of hydrogen-bond donors (Lipinski definition) is 4. The molecule has 14 heavy (non-hydrogen) atoms. The van der Waals surface area contributed by atoms with E-state index in [0.717, 1.165) is 0 Å². The fourth-order valence-corrected chi connectivity index (χ4v) is 1.31. The number of hydrogen-bond acceptors (Lipinski definition) is 5. The Kier molecular flexibility index (Phi) is 4.77. The van der Waals surface area contributed by atoms with Crippen LogP contribution in [0.3, 0.4) is 0 Å². The first-order chi connectivity index (χ1) is 6.65. The third-order valence-corrected chi connectivity index (χ3v) is 2.59. The van der Waals surface area contributed by atoms with E-state index in [1.807, 2.05) is 13.8 Å². The number of ether oxygens (including phenoxy) is 1. The van der Waals surface area contributed by atoms with Crippen LogP contribution in [0.25, 0.3) is 0 Å². The van der Waals surface area contributed by atoms with Gasteiger partial charge in [-0.05, 0) is 5.92 Å². The van der Waals surface area contributed by atoms with E-state index in [1.54, 1.807) is 0 Å². The Hall–Kier alpha value is -0.200. The van der Waals surface area contributed by atoms with Gasteiger partial charge in [0.05, 0.1) is 25.4 Å². The van der Waals surface area contributed by atoms with Crippen LogP contribution in [0, 0.1) is 11.8 Å². The van der Waals surface area contributed by atoms with Crippen LogP contribution in [0.15, 0.2) is 0 Å². The van der Waals surface area contributed by atoms with Crippen molar-refractivity contribution < 1.29 is 9.84 Å². The molecule has 0 radical (unpaired) electrons. The number of nitrogens with one attached hydrogen (secondary N) is 2. The first kappa shape index (κ1) is 11.9. The van der Waals surface area contributed by atoms with E-state index in [9.17, 15) is 0 Å². The zero-order chi connectivity index (χ0) is 10.6. The van der Waals surface area contributed by atoms with Gasteiger partial charge in [0.2, 0.25) is 0 Å². The molecule has 5 nitrogen and oxygen atoms in total. The van der Waals surface area contributed by atoms with Gasteiger partial charge in [-0.2, -0.15) is 0 Å². The monoisotopic (exact) mass is 203 g/mol. The van der Waals surface area contributed by atoms with Crippen LogP contribution in [0.5, 0.6) is 0 Å². The van der Waals surface area contributed by atoms with Crippen molar-refractivity contribution in [3.05, 3.63) is 0 Å². The lowest BCUT2D eigenvalue weighted by atomic mass is 10.1. The van der Waals surface area contributed by atoms with Gasteiger partial charge < -0.3 is 15.6 Å². The van der Waals surface area contributed by atoms with E-state index in [4.69, 9.17) is 15.6 Å². The summed E-state index contributed by atoms with van der Waals surface area (Å²) >= 11 is 0. The first-order valence-electron chi connectivity index (χ1n) is 5.10. The number of rotatable bonds is 5. The van der Waals surface area contributed by atoms with Gasteiger partial charge in [-0.25, -0.2) is 5.43 Å². The number of hydrazine groups is 1. The molecule has 5 heteroatoms. The zero-order valence-electron chi connectivity index (χ0n) is 8.86. The van der Waals surface area contributed by atoms with Crippen molar-refractivity contribution in [3.8, 4) is 0 Å². The average Bonchev–Trinajstić information content (AvgIpc) is 2.60. The standard InChI is InChI=1S/C9H21N3O2/c1-6(2)9(10)12-11-8-5-14-4-7(8)3-13/h6-9,11-13H,3-5,10H2,1-2H3/t7?,8?,9-/m0/s1.